The smallest absolute Gasteiger partial charge is 0.318 e. The molecule has 0 saturated carbocycles. The van der Waals surface area contributed by atoms with Crippen molar-refractivity contribution in [2.45, 2.75) is 0 Å². The van der Waals surface area contributed by atoms with Crippen LogP contribution in [-0.4, -0.2) is 12.0 Å². The Balaban J connectivity index is 2.92. The van der Waals surface area contributed by atoms with Gasteiger partial charge < -0.3 is 11.5 Å². The van der Waals surface area contributed by atoms with Crippen LogP contribution in [0.1, 0.15) is 0 Å². The third-order valence-corrected chi connectivity index (χ3v) is 2.02. The van der Waals surface area contributed by atoms with Crippen LogP contribution in [0.15, 0.2) is 27.7 Å². The van der Waals surface area contributed by atoms with Crippen LogP contribution in [0.5, 0.6) is 0 Å². The van der Waals surface area contributed by atoms with E-state index in [0.29, 0.717) is 10.7 Å². The van der Waals surface area contributed by atoms with Crippen LogP contribution in [-0.2, 0) is 0 Å². The summed E-state index contributed by atoms with van der Waals surface area (Å²) < 4.78 is 0.764. The summed E-state index contributed by atoms with van der Waals surface area (Å²) >= 11 is 9.03. The van der Waals surface area contributed by atoms with Crippen molar-refractivity contribution in [2.75, 3.05) is 0 Å². The van der Waals surface area contributed by atoms with Gasteiger partial charge >= 0.3 is 6.03 Å². The molecule has 1 aromatic rings. The minimum absolute atomic E-state index is 0.0864. The van der Waals surface area contributed by atoms with E-state index < -0.39 is 6.03 Å². The summed E-state index contributed by atoms with van der Waals surface area (Å²) in [5.74, 6) is -0.0864. The minimum atomic E-state index is -0.766. The summed E-state index contributed by atoms with van der Waals surface area (Å²) in [5.41, 5.74) is 10.8. The Morgan fingerprint density at radius 3 is 2.60 bits per heavy atom. The zero-order valence-corrected chi connectivity index (χ0v) is 9.84. The Morgan fingerprint density at radius 2 is 2.07 bits per heavy atom. The number of urea groups is 1. The van der Waals surface area contributed by atoms with Gasteiger partial charge in [0.2, 0.25) is 5.96 Å². The van der Waals surface area contributed by atoms with E-state index >= 15 is 0 Å². The van der Waals surface area contributed by atoms with Gasteiger partial charge in [-0.25, -0.2) is 9.79 Å². The number of halogens is 2. The molecule has 0 spiro atoms. The zero-order valence-electron chi connectivity index (χ0n) is 7.50. The van der Waals surface area contributed by atoms with Gasteiger partial charge in [-0.15, -0.1) is 0 Å². The molecular weight excluding hydrogens is 283 g/mol. The van der Waals surface area contributed by atoms with Crippen molar-refractivity contribution in [3.05, 3.63) is 27.7 Å². The van der Waals surface area contributed by atoms with Crippen LogP contribution in [0.4, 0.5) is 10.5 Å². The first-order valence-corrected chi connectivity index (χ1v) is 5.01. The van der Waals surface area contributed by atoms with Crippen LogP contribution in [0, 0.1) is 0 Å². The number of benzene rings is 1. The van der Waals surface area contributed by atoms with Gasteiger partial charge in [-0.05, 0) is 18.2 Å². The van der Waals surface area contributed by atoms with Crippen LogP contribution < -0.4 is 16.8 Å². The van der Waals surface area contributed by atoms with Gasteiger partial charge in [0.1, 0.15) is 0 Å². The summed E-state index contributed by atoms with van der Waals surface area (Å²) in [5, 5.41) is 2.65. The number of guanidine groups is 1. The number of carbonyl (C=O) groups is 1. The summed E-state index contributed by atoms with van der Waals surface area (Å²) in [6, 6.07) is 4.24. The number of nitrogens with two attached hydrogens (primary N) is 2. The van der Waals surface area contributed by atoms with E-state index in [-0.39, 0.29) is 5.96 Å². The molecule has 0 heterocycles. The van der Waals surface area contributed by atoms with Gasteiger partial charge in [-0.2, -0.15) is 0 Å². The molecule has 0 saturated heterocycles. The summed E-state index contributed by atoms with van der Waals surface area (Å²) in [6.07, 6.45) is 0. The topological polar surface area (TPSA) is 93.5 Å². The third-order valence-electron chi connectivity index (χ3n) is 1.35. The predicted molar refractivity (Wildman–Crippen MR) is 63.2 cm³/mol. The quantitative estimate of drug-likeness (QED) is 0.543. The highest BCUT2D eigenvalue weighted by Gasteiger charge is 1.99. The highest BCUT2D eigenvalue weighted by atomic mass is 79.9. The molecule has 0 fully saturated rings. The maximum atomic E-state index is 10.4. The molecule has 0 aliphatic heterocycles. The Kier molecular flexibility index (Phi) is 3.93. The van der Waals surface area contributed by atoms with Gasteiger partial charge in [0.25, 0.3) is 0 Å². The van der Waals surface area contributed by atoms with Crippen molar-refractivity contribution in [3.63, 3.8) is 0 Å². The van der Waals surface area contributed by atoms with Gasteiger partial charge in [0.15, 0.2) is 0 Å². The lowest BCUT2D eigenvalue weighted by Crippen LogP contribution is -2.39. The van der Waals surface area contributed by atoms with Crippen molar-refractivity contribution in [2.24, 2.45) is 16.5 Å². The molecule has 5 N–H and O–H groups in total. The van der Waals surface area contributed by atoms with Crippen LogP contribution in [0.25, 0.3) is 0 Å². The second-order valence-corrected chi connectivity index (χ2v) is 3.97. The first-order chi connectivity index (χ1) is 6.97. The van der Waals surface area contributed by atoms with Crippen molar-refractivity contribution >= 4 is 45.2 Å². The maximum absolute atomic E-state index is 10.4. The van der Waals surface area contributed by atoms with E-state index in [1.165, 1.54) is 0 Å². The minimum Gasteiger partial charge on any atom is -0.369 e. The first-order valence-electron chi connectivity index (χ1n) is 3.84. The molecule has 0 bridgehead atoms. The maximum Gasteiger partial charge on any atom is 0.318 e. The number of carbonyl (C=O) groups excluding carboxylic acids is 1. The standard InChI is InChI=1S/C8H8BrClN4O/c9-4-1-5(10)3-6(2-4)13-7(11)14-8(12)15/h1-3H,(H5,11,12,13,14,15). The van der Waals surface area contributed by atoms with Crippen molar-refractivity contribution in [1.82, 2.24) is 5.32 Å². The van der Waals surface area contributed by atoms with Crippen molar-refractivity contribution in [3.8, 4) is 0 Å². The largest absolute Gasteiger partial charge is 0.369 e. The van der Waals surface area contributed by atoms with Crippen molar-refractivity contribution in [1.29, 1.82) is 0 Å². The van der Waals surface area contributed by atoms with Crippen LogP contribution >= 0.6 is 27.5 Å². The lowest BCUT2D eigenvalue weighted by molar-refractivity contribution is 0.253. The molecule has 0 aliphatic rings. The number of hydrogen-bond donors (Lipinski definition) is 3. The molecular formula is C8H8BrClN4O. The molecule has 0 atom stereocenters. The molecule has 7 heteroatoms. The number of nitrogens with zero attached hydrogens (tertiary/aromatic N) is 1. The molecule has 2 amide bonds. The second kappa shape index (κ2) is 4.99. The monoisotopic (exact) mass is 290 g/mol. The Hall–Kier alpha value is -1.27. The van der Waals surface area contributed by atoms with E-state index in [2.05, 4.69) is 26.2 Å². The van der Waals surface area contributed by atoms with Gasteiger partial charge in [-0.3, -0.25) is 5.32 Å². The number of rotatable bonds is 1. The fourth-order valence-corrected chi connectivity index (χ4v) is 1.74. The average Bonchev–Trinajstić information content (AvgIpc) is 1.98. The average molecular weight is 292 g/mol. The van der Waals surface area contributed by atoms with E-state index in [9.17, 15) is 4.79 Å². The molecule has 15 heavy (non-hydrogen) atoms. The fourth-order valence-electron chi connectivity index (χ4n) is 0.897. The number of aliphatic imine (C=N–C) groups is 1. The lowest BCUT2D eigenvalue weighted by Gasteiger charge is -2.01. The molecule has 0 aliphatic carbocycles. The second-order valence-electron chi connectivity index (χ2n) is 2.61. The summed E-state index contributed by atoms with van der Waals surface area (Å²) in [4.78, 5) is 14.3. The van der Waals surface area contributed by atoms with Gasteiger partial charge in [0.05, 0.1) is 5.69 Å². The predicted octanol–water partition coefficient (Wildman–Crippen LogP) is 1.72. The van der Waals surface area contributed by atoms with E-state index in [1.807, 2.05) is 0 Å². The number of amides is 2. The Morgan fingerprint density at radius 1 is 1.40 bits per heavy atom. The number of primary amides is 1. The SMILES string of the molecule is NC(=O)NC(N)=Nc1cc(Cl)cc(Br)c1. The lowest BCUT2D eigenvalue weighted by atomic mass is 10.3. The van der Waals surface area contributed by atoms with Gasteiger partial charge in [0, 0.05) is 9.50 Å². The highest BCUT2D eigenvalue weighted by Crippen LogP contribution is 2.24. The van der Waals surface area contributed by atoms with E-state index in [1.54, 1.807) is 18.2 Å². The summed E-state index contributed by atoms with van der Waals surface area (Å²) in [7, 11) is 0. The molecule has 1 rings (SSSR count). The Labute approximate surface area is 99.6 Å². The fraction of sp³-hybridized carbons (Fsp3) is 0. The molecule has 0 radical (unpaired) electrons. The Bertz CT molecular complexity index is 401. The van der Waals surface area contributed by atoms with Crippen LogP contribution in [0.2, 0.25) is 5.02 Å². The summed E-state index contributed by atoms with van der Waals surface area (Å²) in [6.45, 7) is 0. The number of nitrogens with one attached hydrogen (secondary N) is 1. The highest BCUT2D eigenvalue weighted by molar-refractivity contribution is 9.10. The number of hydrogen-bond acceptors (Lipinski definition) is 2. The third kappa shape index (κ3) is 4.18. The first kappa shape index (κ1) is 11.8. The molecule has 1 aromatic carbocycles. The van der Waals surface area contributed by atoms with Crippen molar-refractivity contribution < 1.29 is 4.79 Å². The molecule has 0 aromatic heterocycles. The van der Waals surface area contributed by atoms with Crippen LogP contribution in [0.3, 0.4) is 0 Å². The molecule has 0 unspecified atom stereocenters. The van der Waals surface area contributed by atoms with E-state index in [0.717, 1.165) is 4.47 Å². The van der Waals surface area contributed by atoms with Gasteiger partial charge in [-0.1, -0.05) is 27.5 Å². The normalized spacial score (nSPS) is 11.2. The molecule has 80 valence electrons. The zero-order chi connectivity index (χ0) is 11.4. The molecule has 5 nitrogen and oxygen atoms in total. The van der Waals surface area contributed by atoms with E-state index in [4.69, 9.17) is 23.1 Å².